The van der Waals surface area contributed by atoms with E-state index in [-0.39, 0.29) is 28.9 Å². The van der Waals surface area contributed by atoms with Crippen LogP contribution in [0.25, 0.3) is 5.88 Å². The predicted octanol–water partition coefficient (Wildman–Crippen LogP) is 3.81. The maximum Gasteiger partial charge on any atom is 0.256 e. The van der Waals surface area contributed by atoms with E-state index in [1.54, 1.807) is 30.0 Å². The first-order chi connectivity index (χ1) is 12.6. The van der Waals surface area contributed by atoms with Crippen LogP contribution in [0, 0.1) is 24.1 Å². The van der Waals surface area contributed by atoms with E-state index >= 15 is 0 Å². The fraction of sp³-hybridized carbons (Fsp3) is 0.200. The molecule has 0 radical (unpaired) electrons. The van der Waals surface area contributed by atoms with Gasteiger partial charge in [-0.15, -0.1) is 0 Å². The minimum absolute atomic E-state index is 0.200. The van der Waals surface area contributed by atoms with Gasteiger partial charge in [0.15, 0.2) is 0 Å². The van der Waals surface area contributed by atoms with Crippen molar-refractivity contribution in [3.05, 3.63) is 76.6 Å². The molecule has 2 heterocycles. The molecule has 1 amide bonds. The predicted molar refractivity (Wildman–Crippen MR) is 92.4 cm³/mol. The molecule has 0 aliphatic heterocycles. The first-order valence-corrected chi connectivity index (χ1v) is 8.34. The quantitative estimate of drug-likeness (QED) is 0.782. The van der Waals surface area contributed by atoms with Crippen LogP contribution in [0.3, 0.4) is 0 Å². The Morgan fingerprint density at radius 2 is 2.15 bits per heavy atom. The van der Waals surface area contributed by atoms with Gasteiger partial charge in [0.05, 0.1) is 6.04 Å². The zero-order valence-electron chi connectivity index (χ0n) is 14.1. The summed E-state index contributed by atoms with van der Waals surface area (Å²) in [5, 5.41) is 12.5. The van der Waals surface area contributed by atoms with Crippen LogP contribution in [0.5, 0.6) is 0 Å². The Morgan fingerprint density at radius 1 is 1.38 bits per heavy atom. The van der Waals surface area contributed by atoms with Crippen molar-refractivity contribution in [1.82, 2.24) is 9.88 Å². The molecule has 1 atom stereocenters. The van der Waals surface area contributed by atoms with Gasteiger partial charge in [0.25, 0.3) is 5.91 Å². The lowest BCUT2D eigenvalue weighted by Crippen LogP contribution is -2.28. The Kier molecular flexibility index (Phi) is 3.85. The molecular formula is C20H16FN3O2. The number of rotatable bonds is 3. The van der Waals surface area contributed by atoms with Crippen molar-refractivity contribution in [2.75, 3.05) is 0 Å². The number of benzene rings is 1. The minimum Gasteiger partial charge on any atom is -0.443 e. The molecule has 1 N–H and O–H groups in total. The van der Waals surface area contributed by atoms with Gasteiger partial charge in [0.1, 0.15) is 28.8 Å². The molecule has 1 aliphatic carbocycles. The molecule has 6 heteroatoms. The molecule has 3 aromatic rings. The summed E-state index contributed by atoms with van der Waals surface area (Å²) in [4.78, 5) is 12.9. The van der Waals surface area contributed by atoms with E-state index in [4.69, 9.17) is 4.42 Å². The third-order valence-electron chi connectivity index (χ3n) is 4.73. The molecule has 1 aliphatic rings. The molecule has 26 heavy (non-hydrogen) atoms. The van der Waals surface area contributed by atoms with Crippen molar-refractivity contribution >= 4 is 5.91 Å². The number of hydrogen-bond donors (Lipinski definition) is 1. The molecule has 0 saturated heterocycles. The third-order valence-corrected chi connectivity index (χ3v) is 4.73. The maximum absolute atomic E-state index is 13.4. The molecule has 2 aromatic heterocycles. The molecule has 5 nitrogen and oxygen atoms in total. The number of amides is 1. The lowest BCUT2D eigenvalue weighted by molar-refractivity contribution is 0.0935. The number of carbonyl (C=O) groups excluding carboxylic acids is 1. The van der Waals surface area contributed by atoms with Crippen LogP contribution in [-0.2, 0) is 6.42 Å². The second-order valence-corrected chi connectivity index (χ2v) is 6.32. The SMILES string of the molecule is Cc1oc(-n2cccc2)c(C#N)c1C(=O)NC1CCc2cc(F)ccc21. The Labute approximate surface area is 149 Å². The zero-order chi connectivity index (χ0) is 18.3. The van der Waals surface area contributed by atoms with Gasteiger partial charge in [0.2, 0.25) is 5.88 Å². The largest absolute Gasteiger partial charge is 0.443 e. The summed E-state index contributed by atoms with van der Waals surface area (Å²) < 4.78 is 20.7. The average Bonchev–Trinajstić information content (AvgIpc) is 3.33. The monoisotopic (exact) mass is 349 g/mol. The third kappa shape index (κ3) is 2.58. The summed E-state index contributed by atoms with van der Waals surface area (Å²) >= 11 is 0. The average molecular weight is 349 g/mol. The number of aryl methyl sites for hydroxylation is 2. The summed E-state index contributed by atoms with van der Waals surface area (Å²) in [5.74, 6) is 0.0852. The highest BCUT2D eigenvalue weighted by atomic mass is 19.1. The molecule has 0 fully saturated rings. The van der Waals surface area contributed by atoms with E-state index in [2.05, 4.69) is 11.4 Å². The molecule has 1 aromatic carbocycles. The highest BCUT2D eigenvalue weighted by molar-refractivity contribution is 5.98. The second-order valence-electron chi connectivity index (χ2n) is 6.32. The lowest BCUT2D eigenvalue weighted by atomic mass is 10.1. The van der Waals surface area contributed by atoms with E-state index < -0.39 is 0 Å². The van der Waals surface area contributed by atoms with E-state index in [1.165, 1.54) is 12.1 Å². The molecule has 0 bridgehead atoms. The van der Waals surface area contributed by atoms with E-state index in [0.29, 0.717) is 24.5 Å². The molecule has 0 saturated carbocycles. The Hall–Kier alpha value is -3.33. The van der Waals surface area contributed by atoms with Gasteiger partial charge in [-0.25, -0.2) is 4.39 Å². The van der Waals surface area contributed by atoms with Crippen LogP contribution in [0.1, 0.15) is 45.3 Å². The summed E-state index contributed by atoms with van der Waals surface area (Å²) in [6, 6.07) is 10.1. The van der Waals surface area contributed by atoms with Crippen molar-refractivity contribution in [3.63, 3.8) is 0 Å². The van der Waals surface area contributed by atoms with Crippen LogP contribution in [0.2, 0.25) is 0 Å². The number of fused-ring (bicyclic) bond motifs is 1. The summed E-state index contributed by atoms with van der Waals surface area (Å²) in [6.07, 6.45) is 4.92. The van der Waals surface area contributed by atoms with Crippen molar-refractivity contribution in [3.8, 4) is 12.0 Å². The molecule has 1 unspecified atom stereocenters. The van der Waals surface area contributed by atoms with Gasteiger partial charge in [-0.1, -0.05) is 6.07 Å². The molecule has 130 valence electrons. The number of aromatic nitrogens is 1. The summed E-state index contributed by atoms with van der Waals surface area (Å²) in [5.41, 5.74) is 2.28. The summed E-state index contributed by atoms with van der Waals surface area (Å²) in [7, 11) is 0. The van der Waals surface area contributed by atoms with E-state index in [1.807, 2.05) is 12.1 Å². The van der Waals surface area contributed by atoms with Gasteiger partial charge in [-0.3, -0.25) is 9.36 Å². The van der Waals surface area contributed by atoms with Crippen molar-refractivity contribution in [1.29, 1.82) is 5.26 Å². The second kappa shape index (κ2) is 6.19. The Morgan fingerprint density at radius 3 is 2.88 bits per heavy atom. The minimum atomic E-state index is -0.358. The first-order valence-electron chi connectivity index (χ1n) is 8.34. The van der Waals surface area contributed by atoms with Crippen molar-refractivity contribution in [2.45, 2.75) is 25.8 Å². The lowest BCUT2D eigenvalue weighted by Gasteiger charge is -2.14. The van der Waals surface area contributed by atoms with Crippen LogP contribution in [0.15, 0.2) is 47.1 Å². The van der Waals surface area contributed by atoms with Gasteiger partial charge in [-0.2, -0.15) is 5.26 Å². The smallest absolute Gasteiger partial charge is 0.256 e. The Bertz CT molecular complexity index is 1030. The highest BCUT2D eigenvalue weighted by Crippen LogP contribution is 2.33. The highest BCUT2D eigenvalue weighted by Gasteiger charge is 2.29. The first kappa shape index (κ1) is 16.2. The van der Waals surface area contributed by atoms with Gasteiger partial charge >= 0.3 is 0 Å². The Balaban J connectivity index is 1.65. The van der Waals surface area contributed by atoms with E-state index in [9.17, 15) is 14.4 Å². The zero-order valence-corrected chi connectivity index (χ0v) is 14.1. The number of hydrogen-bond acceptors (Lipinski definition) is 3. The molecule has 4 rings (SSSR count). The normalized spacial score (nSPS) is 15.5. The number of carbonyl (C=O) groups is 1. The van der Waals surface area contributed by atoms with Crippen LogP contribution in [-0.4, -0.2) is 10.5 Å². The van der Waals surface area contributed by atoms with Crippen molar-refractivity contribution in [2.24, 2.45) is 0 Å². The fourth-order valence-electron chi connectivity index (χ4n) is 3.53. The van der Waals surface area contributed by atoms with Gasteiger partial charge < -0.3 is 9.73 Å². The number of nitrogens with zero attached hydrogens (tertiary/aromatic N) is 2. The standard InChI is InChI=1S/C20H16FN3O2/c1-12-18(16(11-22)20(26-12)24-8-2-3-9-24)19(25)23-17-7-4-13-10-14(21)5-6-15(13)17/h2-3,5-6,8-10,17H,4,7H2,1H3,(H,23,25). The number of furan rings is 1. The van der Waals surface area contributed by atoms with Gasteiger partial charge in [-0.05, 0) is 55.2 Å². The molecule has 0 spiro atoms. The fourth-order valence-corrected chi connectivity index (χ4v) is 3.53. The van der Waals surface area contributed by atoms with E-state index in [0.717, 1.165) is 11.1 Å². The van der Waals surface area contributed by atoms with Crippen molar-refractivity contribution < 1.29 is 13.6 Å². The van der Waals surface area contributed by atoms with Gasteiger partial charge in [0, 0.05) is 12.4 Å². The molecular weight excluding hydrogens is 333 g/mol. The number of nitriles is 1. The maximum atomic E-state index is 13.4. The number of halogens is 1. The van der Waals surface area contributed by atoms with Crippen LogP contribution >= 0.6 is 0 Å². The summed E-state index contributed by atoms with van der Waals surface area (Å²) in [6.45, 7) is 1.67. The van der Waals surface area contributed by atoms with Crippen LogP contribution < -0.4 is 5.32 Å². The van der Waals surface area contributed by atoms with Crippen LogP contribution in [0.4, 0.5) is 4.39 Å². The topological polar surface area (TPSA) is 71.0 Å². The number of nitrogens with one attached hydrogen (secondary N) is 1.